The minimum atomic E-state index is 0.915. The van der Waals surface area contributed by atoms with Crippen molar-refractivity contribution >= 4 is 55.3 Å². The highest BCUT2D eigenvalue weighted by molar-refractivity contribution is 6.10. The highest BCUT2D eigenvalue weighted by Gasteiger charge is 2.13. The molecule has 0 spiro atoms. The van der Waals surface area contributed by atoms with Crippen LogP contribution in [0.25, 0.3) is 66.1 Å². The fraction of sp³-hybridized carbons (Fsp3) is 0. The summed E-state index contributed by atoms with van der Waals surface area (Å²) in [6.07, 6.45) is 0. The maximum absolute atomic E-state index is 6.23. The van der Waals surface area contributed by atoms with E-state index in [1.807, 2.05) is 24.3 Å². The van der Waals surface area contributed by atoms with E-state index in [9.17, 15) is 0 Å². The number of fused-ring (bicyclic) bond motifs is 6. The van der Waals surface area contributed by atoms with Crippen molar-refractivity contribution in [2.24, 2.45) is 0 Å². The highest BCUT2D eigenvalue weighted by Crippen LogP contribution is 2.37. The monoisotopic (exact) mass is 501 g/mol. The molecule has 0 fully saturated rings. The van der Waals surface area contributed by atoms with Gasteiger partial charge in [-0.3, -0.25) is 0 Å². The van der Waals surface area contributed by atoms with Gasteiger partial charge in [-0.05, 0) is 47.5 Å². The zero-order valence-electron chi connectivity index (χ0n) is 21.0. The molecule has 0 radical (unpaired) electrons. The van der Waals surface area contributed by atoms with Gasteiger partial charge in [-0.2, -0.15) is 0 Å². The summed E-state index contributed by atoms with van der Waals surface area (Å²) in [5.41, 5.74) is 10.2. The van der Waals surface area contributed by atoms with Crippen molar-refractivity contribution in [3.63, 3.8) is 0 Å². The van der Waals surface area contributed by atoms with Crippen molar-refractivity contribution < 1.29 is 8.83 Å². The highest BCUT2D eigenvalue weighted by atomic mass is 16.3. The lowest BCUT2D eigenvalue weighted by Crippen LogP contribution is -1.90. The standard InChI is InChI=1S/C36H23NO2/c1-3-13-33-29(7-1)31-11-5-9-27(35(31)38-33)23-15-19-25(20-16-23)37-26-21-17-24(18-22-26)28-10-6-12-32-30-8-2-4-14-34(30)39-36(28)32/h1-22,37H. The molecule has 0 aliphatic carbocycles. The van der Waals surface area contributed by atoms with Crippen LogP contribution in [-0.4, -0.2) is 0 Å². The number of hydrogen-bond donors (Lipinski definition) is 1. The molecule has 1 N–H and O–H groups in total. The lowest BCUT2D eigenvalue weighted by molar-refractivity contribution is 0.669. The van der Waals surface area contributed by atoms with E-state index in [-0.39, 0.29) is 0 Å². The average molecular weight is 502 g/mol. The van der Waals surface area contributed by atoms with Crippen molar-refractivity contribution in [1.29, 1.82) is 0 Å². The molecule has 0 unspecified atom stereocenters. The summed E-state index contributed by atoms with van der Waals surface area (Å²) >= 11 is 0. The van der Waals surface area contributed by atoms with Crippen LogP contribution in [0.4, 0.5) is 11.4 Å². The third kappa shape index (κ3) is 3.59. The molecule has 8 rings (SSSR count). The van der Waals surface area contributed by atoms with Gasteiger partial charge in [0.25, 0.3) is 0 Å². The molecule has 2 aromatic heterocycles. The molecule has 3 nitrogen and oxygen atoms in total. The zero-order chi connectivity index (χ0) is 25.8. The number of para-hydroxylation sites is 4. The molecule has 0 saturated carbocycles. The second kappa shape index (κ2) is 8.64. The molecule has 3 heteroatoms. The first-order valence-electron chi connectivity index (χ1n) is 13.1. The van der Waals surface area contributed by atoms with Gasteiger partial charge in [-0.25, -0.2) is 0 Å². The van der Waals surface area contributed by atoms with Gasteiger partial charge in [0.1, 0.15) is 22.3 Å². The first kappa shape index (κ1) is 21.8. The predicted molar refractivity (Wildman–Crippen MR) is 162 cm³/mol. The lowest BCUT2D eigenvalue weighted by Gasteiger charge is -2.10. The first-order chi connectivity index (χ1) is 19.3. The minimum absolute atomic E-state index is 0.915. The van der Waals surface area contributed by atoms with Crippen LogP contribution in [0.15, 0.2) is 142 Å². The number of nitrogens with one attached hydrogen (secondary N) is 1. The van der Waals surface area contributed by atoms with Crippen molar-refractivity contribution in [2.75, 3.05) is 5.32 Å². The molecule has 0 amide bonds. The summed E-state index contributed by atoms with van der Waals surface area (Å²) in [5.74, 6) is 0. The second-order valence-electron chi connectivity index (χ2n) is 9.84. The van der Waals surface area contributed by atoms with Crippen LogP contribution in [0.5, 0.6) is 0 Å². The minimum Gasteiger partial charge on any atom is -0.455 e. The quantitative estimate of drug-likeness (QED) is 0.261. The van der Waals surface area contributed by atoms with Crippen molar-refractivity contribution in [3.05, 3.63) is 133 Å². The van der Waals surface area contributed by atoms with Gasteiger partial charge in [0.05, 0.1) is 0 Å². The number of furan rings is 2. The normalized spacial score (nSPS) is 11.6. The Morgan fingerprint density at radius 3 is 1.23 bits per heavy atom. The molecule has 184 valence electrons. The summed E-state index contributed by atoms with van der Waals surface area (Å²) in [7, 11) is 0. The fourth-order valence-corrected chi connectivity index (χ4v) is 5.58. The van der Waals surface area contributed by atoms with Crippen LogP contribution in [0, 0.1) is 0 Å². The summed E-state index contributed by atoms with van der Waals surface area (Å²) in [6.45, 7) is 0. The second-order valence-corrected chi connectivity index (χ2v) is 9.84. The SMILES string of the molecule is c1ccc2c(c1)oc1c(-c3ccc(Nc4ccc(-c5cccc6c5oc5ccccc56)cc4)cc3)cccc12. The molecule has 0 aliphatic heterocycles. The first-order valence-corrected chi connectivity index (χ1v) is 13.1. The molecular weight excluding hydrogens is 478 g/mol. The average Bonchev–Trinajstić information content (AvgIpc) is 3.57. The Labute approximate surface area is 224 Å². The van der Waals surface area contributed by atoms with Gasteiger partial charge >= 0.3 is 0 Å². The fourth-order valence-electron chi connectivity index (χ4n) is 5.58. The van der Waals surface area contributed by atoms with Gasteiger partial charge in [-0.15, -0.1) is 0 Å². The van der Waals surface area contributed by atoms with Gasteiger partial charge in [-0.1, -0.05) is 97.1 Å². The predicted octanol–water partition coefficient (Wildman–Crippen LogP) is 10.6. The van der Waals surface area contributed by atoms with Crippen LogP contribution in [0.2, 0.25) is 0 Å². The molecule has 0 atom stereocenters. The molecule has 39 heavy (non-hydrogen) atoms. The Morgan fingerprint density at radius 2 is 0.769 bits per heavy atom. The zero-order valence-corrected chi connectivity index (χ0v) is 21.0. The van der Waals surface area contributed by atoms with Gasteiger partial charge in [0, 0.05) is 44.0 Å². The van der Waals surface area contributed by atoms with Crippen LogP contribution in [-0.2, 0) is 0 Å². The summed E-state index contributed by atoms with van der Waals surface area (Å²) in [4.78, 5) is 0. The van der Waals surface area contributed by atoms with E-state index in [4.69, 9.17) is 8.83 Å². The van der Waals surface area contributed by atoms with E-state index in [0.717, 1.165) is 77.5 Å². The Hall–Kier alpha value is -5.28. The van der Waals surface area contributed by atoms with Crippen molar-refractivity contribution in [1.82, 2.24) is 0 Å². The van der Waals surface area contributed by atoms with Crippen molar-refractivity contribution in [2.45, 2.75) is 0 Å². The molecule has 6 aromatic carbocycles. The molecular formula is C36H23NO2. The Balaban J connectivity index is 1.07. The summed E-state index contributed by atoms with van der Waals surface area (Å²) in [6, 6.07) is 46.1. The van der Waals surface area contributed by atoms with Crippen molar-refractivity contribution in [3.8, 4) is 22.3 Å². The Kier molecular flexibility index (Phi) is 4.82. The topological polar surface area (TPSA) is 38.3 Å². The van der Waals surface area contributed by atoms with Crippen LogP contribution in [0.1, 0.15) is 0 Å². The van der Waals surface area contributed by atoms with E-state index in [0.29, 0.717) is 0 Å². The molecule has 0 aliphatic rings. The molecule has 2 heterocycles. The van der Waals surface area contributed by atoms with Crippen LogP contribution >= 0.6 is 0 Å². The lowest BCUT2D eigenvalue weighted by atomic mass is 10.0. The van der Waals surface area contributed by atoms with Crippen LogP contribution < -0.4 is 5.32 Å². The maximum atomic E-state index is 6.23. The number of rotatable bonds is 4. The third-order valence-corrected chi connectivity index (χ3v) is 7.49. The van der Waals surface area contributed by atoms with E-state index in [2.05, 4.69) is 115 Å². The van der Waals surface area contributed by atoms with E-state index >= 15 is 0 Å². The number of benzene rings is 6. The van der Waals surface area contributed by atoms with Gasteiger partial charge in [0.15, 0.2) is 0 Å². The summed E-state index contributed by atoms with van der Waals surface area (Å²) in [5, 5.41) is 8.11. The largest absolute Gasteiger partial charge is 0.455 e. The maximum Gasteiger partial charge on any atom is 0.143 e. The molecule has 0 bridgehead atoms. The Morgan fingerprint density at radius 1 is 0.359 bits per heavy atom. The van der Waals surface area contributed by atoms with Gasteiger partial charge in [0.2, 0.25) is 0 Å². The van der Waals surface area contributed by atoms with E-state index in [1.165, 1.54) is 0 Å². The Bertz CT molecular complexity index is 1980. The summed E-state index contributed by atoms with van der Waals surface area (Å²) < 4.78 is 12.5. The van der Waals surface area contributed by atoms with E-state index < -0.39 is 0 Å². The van der Waals surface area contributed by atoms with Gasteiger partial charge < -0.3 is 14.2 Å². The van der Waals surface area contributed by atoms with E-state index in [1.54, 1.807) is 0 Å². The number of hydrogen-bond acceptors (Lipinski definition) is 3. The third-order valence-electron chi connectivity index (χ3n) is 7.49. The molecule has 8 aromatic rings. The number of anilines is 2. The smallest absolute Gasteiger partial charge is 0.143 e. The molecule has 0 saturated heterocycles. The van der Waals surface area contributed by atoms with Crippen LogP contribution in [0.3, 0.4) is 0 Å².